The number of allylic oxidation sites excluding steroid dienone is 2. The first-order chi connectivity index (χ1) is 13.6. The zero-order valence-electron chi connectivity index (χ0n) is 15.5. The Bertz CT molecular complexity index is 1020. The van der Waals surface area contributed by atoms with Gasteiger partial charge >= 0.3 is 0 Å². The SMILES string of the molecule is Cl.NCC1CC=C(c2cc(F)ccc2NC(=O)c2csc(-c3cn[nH]c3)n2)CC1. The second-order valence-electron chi connectivity index (χ2n) is 6.77. The second kappa shape index (κ2) is 9.30. The van der Waals surface area contributed by atoms with E-state index in [9.17, 15) is 9.18 Å². The molecule has 1 unspecified atom stereocenters. The van der Waals surface area contributed by atoms with Crippen molar-refractivity contribution in [3.63, 3.8) is 0 Å². The number of benzene rings is 1. The lowest BCUT2D eigenvalue weighted by molar-refractivity contribution is 0.102. The van der Waals surface area contributed by atoms with Gasteiger partial charge in [-0.25, -0.2) is 9.37 Å². The molecule has 152 valence electrons. The summed E-state index contributed by atoms with van der Waals surface area (Å²) < 4.78 is 13.9. The number of H-pyrrole nitrogens is 1. The van der Waals surface area contributed by atoms with Gasteiger partial charge in [-0.1, -0.05) is 6.08 Å². The van der Waals surface area contributed by atoms with Crippen molar-refractivity contribution in [2.24, 2.45) is 11.7 Å². The molecule has 3 aromatic rings. The van der Waals surface area contributed by atoms with E-state index in [1.165, 1.54) is 23.5 Å². The number of halogens is 2. The van der Waals surface area contributed by atoms with Gasteiger partial charge < -0.3 is 11.1 Å². The quantitative estimate of drug-likeness (QED) is 0.552. The van der Waals surface area contributed by atoms with Crippen LogP contribution in [0.25, 0.3) is 16.1 Å². The average Bonchev–Trinajstić information content (AvgIpc) is 3.41. The molecule has 0 bridgehead atoms. The number of nitrogens with one attached hydrogen (secondary N) is 2. The number of hydrogen-bond donors (Lipinski definition) is 3. The summed E-state index contributed by atoms with van der Waals surface area (Å²) in [5.41, 5.74) is 9.24. The Hall–Kier alpha value is -2.55. The van der Waals surface area contributed by atoms with E-state index in [1.54, 1.807) is 23.8 Å². The van der Waals surface area contributed by atoms with E-state index in [0.717, 1.165) is 30.4 Å². The van der Waals surface area contributed by atoms with Crippen LogP contribution in [-0.2, 0) is 0 Å². The van der Waals surface area contributed by atoms with Gasteiger partial charge in [0.15, 0.2) is 0 Å². The van der Waals surface area contributed by atoms with Crippen LogP contribution in [0.1, 0.15) is 35.3 Å². The molecular weight excluding hydrogens is 413 g/mol. The standard InChI is InChI=1S/C20H20FN5OS.ClH/c21-15-5-6-17(16(7-15)13-3-1-12(8-22)2-4-13)25-19(27)18-11-28-20(26-18)14-9-23-24-10-14;/h3,5-7,9-12H,1-2,4,8,22H2,(H,23,24)(H,25,27);1H. The summed E-state index contributed by atoms with van der Waals surface area (Å²) in [7, 11) is 0. The molecule has 1 atom stereocenters. The van der Waals surface area contributed by atoms with Crippen LogP contribution in [0.5, 0.6) is 0 Å². The van der Waals surface area contributed by atoms with Crippen molar-refractivity contribution in [2.45, 2.75) is 19.3 Å². The zero-order valence-corrected chi connectivity index (χ0v) is 17.2. The third kappa shape index (κ3) is 4.72. The first-order valence-corrected chi connectivity index (χ1v) is 9.97. The minimum Gasteiger partial charge on any atom is -0.330 e. The first-order valence-electron chi connectivity index (χ1n) is 9.09. The van der Waals surface area contributed by atoms with E-state index in [-0.39, 0.29) is 24.1 Å². The highest BCUT2D eigenvalue weighted by Gasteiger charge is 2.19. The molecule has 1 aliphatic rings. The van der Waals surface area contributed by atoms with Gasteiger partial charge in [0.05, 0.1) is 6.20 Å². The molecule has 4 rings (SSSR count). The van der Waals surface area contributed by atoms with Crippen LogP contribution in [0.4, 0.5) is 10.1 Å². The minimum absolute atomic E-state index is 0. The second-order valence-corrected chi connectivity index (χ2v) is 7.63. The van der Waals surface area contributed by atoms with Crippen LogP contribution in [0.2, 0.25) is 0 Å². The number of hydrogen-bond acceptors (Lipinski definition) is 5. The number of carbonyl (C=O) groups excluding carboxylic acids is 1. The number of rotatable bonds is 5. The van der Waals surface area contributed by atoms with Crippen LogP contribution < -0.4 is 11.1 Å². The van der Waals surface area contributed by atoms with Crippen molar-refractivity contribution in [1.82, 2.24) is 15.2 Å². The summed E-state index contributed by atoms with van der Waals surface area (Å²) in [6.45, 7) is 0.652. The largest absolute Gasteiger partial charge is 0.330 e. The van der Waals surface area contributed by atoms with Crippen LogP contribution in [0.3, 0.4) is 0 Å². The Morgan fingerprint density at radius 1 is 1.41 bits per heavy atom. The number of nitrogens with two attached hydrogens (primary N) is 1. The highest BCUT2D eigenvalue weighted by atomic mass is 35.5. The van der Waals surface area contributed by atoms with Gasteiger partial charge in [-0.05, 0) is 55.5 Å². The topological polar surface area (TPSA) is 96.7 Å². The molecule has 0 radical (unpaired) electrons. The van der Waals surface area contributed by atoms with Crippen LogP contribution in [0, 0.1) is 11.7 Å². The number of carbonyl (C=O) groups is 1. The van der Waals surface area contributed by atoms with Crippen molar-refractivity contribution >= 4 is 40.9 Å². The number of anilines is 1. The first kappa shape index (κ1) is 21.2. The van der Waals surface area contributed by atoms with Crippen molar-refractivity contribution in [3.8, 4) is 10.6 Å². The van der Waals surface area contributed by atoms with Crippen molar-refractivity contribution in [2.75, 3.05) is 11.9 Å². The molecule has 1 aliphatic carbocycles. The molecule has 9 heteroatoms. The van der Waals surface area contributed by atoms with Gasteiger partial charge in [0.2, 0.25) is 0 Å². The van der Waals surface area contributed by atoms with Crippen molar-refractivity contribution < 1.29 is 9.18 Å². The molecule has 0 aliphatic heterocycles. The Morgan fingerprint density at radius 3 is 2.97 bits per heavy atom. The molecule has 1 amide bonds. The van der Waals surface area contributed by atoms with Gasteiger partial charge in [-0.3, -0.25) is 9.89 Å². The van der Waals surface area contributed by atoms with E-state index in [2.05, 4.69) is 26.6 Å². The third-order valence-electron chi connectivity index (χ3n) is 4.91. The summed E-state index contributed by atoms with van der Waals surface area (Å²) in [5, 5.41) is 11.9. The molecule has 0 saturated carbocycles. The predicted molar refractivity (Wildman–Crippen MR) is 116 cm³/mol. The van der Waals surface area contributed by atoms with E-state index in [1.807, 2.05) is 0 Å². The summed E-state index contributed by atoms with van der Waals surface area (Å²) in [4.78, 5) is 17.1. The lowest BCUT2D eigenvalue weighted by atomic mass is 9.86. The summed E-state index contributed by atoms with van der Waals surface area (Å²) in [5.74, 6) is -0.187. The lowest BCUT2D eigenvalue weighted by Crippen LogP contribution is -2.17. The van der Waals surface area contributed by atoms with Crippen molar-refractivity contribution in [3.05, 3.63) is 59.1 Å². The molecule has 29 heavy (non-hydrogen) atoms. The molecule has 0 fully saturated rings. The van der Waals surface area contributed by atoms with E-state index < -0.39 is 0 Å². The van der Waals surface area contributed by atoms with Crippen LogP contribution in [0.15, 0.2) is 42.0 Å². The number of nitrogens with zero attached hydrogens (tertiary/aromatic N) is 2. The Labute approximate surface area is 177 Å². The maximum Gasteiger partial charge on any atom is 0.275 e. The summed E-state index contributed by atoms with van der Waals surface area (Å²) >= 11 is 1.37. The van der Waals surface area contributed by atoms with E-state index in [4.69, 9.17) is 5.73 Å². The molecule has 4 N–H and O–H groups in total. The fourth-order valence-electron chi connectivity index (χ4n) is 3.30. The normalized spacial score (nSPS) is 16.1. The average molecular weight is 434 g/mol. The Balaban J connectivity index is 0.00000240. The fraction of sp³-hybridized carbons (Fsp3) is 0.250. The Kier molecular flexibility index (Phi) is 6.79. The number of aromatic amines is 1. The van der Waals surface area contributed by atoms with Gasteiger partial charge in [0, 0.05) is 28.4 Å². The Morgan fingerprint density at radius 2 is 2.28 bits per heavy atom. The molecule has 6 nitrogen and oxygen atoms in total. The number of amides is 1. The molecule has 2 heterocycles. The maximum absolute atomic E-state index is 13.9. The molecular formula is C20H21ClFN5OS. The smallest absolute Gasteiger partial charge is 0.275 e. The fourth-order valence-corrected chi connectivity index (χ4v) is 4.08. The van der Waals surface area contributed by atoms with Gasteiger partial charge in [-0.15, -0.1) is 23.7 Å². The predicted octanol–water partition coefficient (Wildman–Crippen LogP) is 4.49. The van der Waals surface area contributed by atoms with Gasteiger partial charge in [0.25, 0.3) is 5.91 Å². The van der Waals surface area contributed by atoms with Crippen LogP contribution >= 0.6 is 23.7 Å². The summed E-state index contributed by atoms with van der Waals surface area (Å²) in [6, 6.07) is 4.42. The summed E-state index contributed by atoms with van der Waals surface area (Å²) in [6.07, 6.45) is 8.13. The van der Waals surface area contributed by atoms with Gasteiger partial charge in [-0.2, -0.15) is 5.10 Å². The van der Waals surface area contributed by atoms with Crippen molar-refractivity contribution in [1.29, 1.82) is 0 Å². The number of aromatic nitrogens is 3. The molecule has 0 spiro atoms. The highest BCUT2D eigenvalue weighted by Crippen LogP contribution is 2.34. The maximum atomic E-state index is 13.9. The lowest BCUT2D eigenvalue weighted by Gasteiger charge is -2.22. The molecule has 1 aromatic carbocycles. The monoisotopic (exact) mass is 433 g/mol. The molecule has 2 aromatic heterocycles. The minimum atomic E-state index is -0.328. The van der Waals surface area contributed by atoms with Gasteiger partial charge in [0.1, 0.15) is 16.5 Å². The zero-order chi connectivity index (χ0) is 19.5. The van der Waals surface area contributed by atoms with E-state index >= 15 is 0 Å². The third-order valence-corrected chi connectivity index (χ3v) is 5.80. The molecule has 0 saturated heterocycles. The van der Waals surface area contributed by atoms with E-state index in [0.29, 0.717) is 34.4 Å². The highest BCUT2D eigenvalue weighted by molar-refractivity contribution is 7.13. The van der Waals surface area contributed by atoms with Crippen LogP contribution in [-0.4, -0.2) is 27.6 Å². The number of thiazole rings is 1.